The van der Waals surface area contributed by atoms with Crippen LogP contribution in [0.5, 0.6) is 0 Å². The zero-order valence-electron chi connectivity index (χ0n) is 15.1. The maximum atomic E-state index is 12.5. The zero-order chi connectivity index (χ0) is 17.6. The topological polar surface area (TPSA) is 56.8 Å². The minimum absolute atomic E-state index is 0.100. The summed E-state index contributed by atoms with van der Waals surface area (Å²) in [5.74, 6) is 0.222. The molecule has 2 fully saturated rings. The van der Waals surface area contributed by atoms with Crippen LogP contribution in [0.1, 0.15) is 37.8 Å². The molecule has 0 aromatic carbocycles. The van der Waals surface area contributed by atoms with Crippen LogP contribution < -0.4 is 0 Å². The van der Waals surface area contributed by atoms with E-state index in [1.807, 2.05) is 23.2 Å². The minimum Gasteiger partial charge on any atom is -0.341 e. The van der Waals surface area contributed by atoms with Gasteiger partial charge >= 0.3 is 0 Å². The molecule has 1 aromatic heterocycles. The molecule has 2 aliphatic heterocycles. The largest absolute Gasteiger partial charge is 0.341 e. The highest BCUT2D eigenvalue weighted by Gasteiger charge is 2.27. The van der Waals surface area contributed by atoms with Crippen LogP contribution in [0.15, 0.2) is 24.4 Å². The average molecular weight is 344 g/mol. The van der Waals surface area contributed by atoms with Crippen molar-refractivity contribution in [1.29, 1.82) is 0 Å². The van der Waals surface area contributed by atoms with E-state index >= 15 is 0 Å². The summed E-state index contributed by atoms with van der Waals surface area (Å²) in [6.45, 7) is 3.40. The van der Waals surface area contributed by atoms with E-state index < -0.39 is 0 Å². The first kappa shape index (κ1) is 17.9. The highest BCUT2D eigenvalue weighted by molar-refractivity contribution is 5.85. The lowest BCUT2D eigenvalue weighted by Crippen LogP contribution is -2.41. The van der Waals surface area contributed by atoms with Crippen LogP contribution in [-0.2, 0) is 16.1 Å². The fourth-order valence-corrected chi connectivity index (χ4v) is 3.78. The normalized spacial score (nSPS) is 21.7. The maximum Gasteiger partial charge on any atom is 0.242 e. The Labute approximate surface area is 149 Å². The second-order valence-corrected chi connectivity index (χ2v) is 7.12. The fraction of sp³-hybridized carbons (Fsp3) is 0.632. The van der Waals surface area contributed by atoms with Crippen LogP contribution in [0.4, 0.5) is 0 Å². The molecule has 2 saturated heterocycles. The molecule has 6 heteroatoms. The van der Waals surface area contributed by atoms with Crippen LogP contribution in [0.2, 0.25) is 0 Å². The summed E-state index contributed by atoms with van der Waals surface area (Å²) in [6, 6.07) is 6.47. The number of nitrogens with zero attached hydrogens (tertiary/aromatic N) is 4. The summed E-state index contributed by atoms with van der Waals surface area (Å²) < 4.78 is 0. The number of rotatable bonds is 5. The van der Waals surface area contributed by atoms with E-state index in [0.717, 1.165) is 57.6 Å². The predicted molar refractivity (Wildman–Crippen MR) is 95.7 cm³/mol. The summed E-state index contributed by atoms with van der Waals surface area (Å²) in [7, 11) is 2.14. The Morgan fingerprint density at radius 2 is 2.12 bits per heavy atom. The van der Waals surface area contributed by atoms with Crippen LogP contribution in [0.3, 0.4) is 0 Å². The first-order valence-corrected chi connectivity index (χ1v) is 9.29. The maximum absolute atomic E-state index is 12.5. The van der Waals surface area contributed by atoms with Crippen molar-refractivity contribution in [3.63, 3.8) is 0 Å². The molecule has 3 heterocycles. The van der Waals surface area contributed by atoms with Crippen molar-refractivity contribution in [1.82, 2.24) is 19.7 Å². The van der Waals surface area contributed by atoms with Gasteiger partial charge in [0.25, 0.3) is 0 Å². The minimum atomic E-state index is 0.100. The second-order valence-electron chi connectivity index (χ2n) is 7.12. The number of carbonyl (C=O) groups is 2. The van der Waals surface area contributed by atoms with Crippen molar-refractivity contribution in [2.45, 2.75) is 44.7 Å². The standard InChI is InChI=1S/C19H28N4O2/c1-21(14-16-6-2-3-10-20-16)17-7-4-11-22(13-9-17)19(25)15-23-12-5-8-18(23)24/h2-3,6,10,17H,4-5,7-9,11-15H2,1H3/t17-/m0/s1. The van der Waals surface area contributed by atoms with Crippen molar-refractivity contribution in [2.75, 3.05) is 33.2 Å². The van der Waals surface area contributed by atoms with Crippen molar-refractivity contribution in [3.05, 3.63) is 30.1 Å². The van der Waals surface area contributed by atoms with Gasteiger partial charge in [0.15, 0.2) is 0 Å². The fourth-order valence-electron chi connectivity index (χ4n) is 3.78. The van der Waals surface area contributed by atoms with Gasteiger partial charge in [0.2, 0.25) is 11.8 Å². The number of carbonyl (C=O) groups excluding carboxylic acids is 2. The first-order chi connectivity index (χ1) is 12.1. The molecule has 0 bridgehead atoms. The molecule has 25 heavy (non-hydrogen) atoms. The van der Waals surface area contributed by atoms with Crippen LogP contribution in [-0.4, -0.2) is 70.8 Å². The van der Waals surface area contributed by atoms with Crippen molar-refractivity contribution in [3.8, 4) is 0 Å². The molecule has 1 aromatic rings. The lowest BCUT2D eigenvalue weighted by Gasteiger charge is -2.27. The molecule has 2 aliphatic rings. The number of likely N-dealkylation sites (tertiary alicyclic amines) is 2. The molecule has 1 atom stereocenters. The summed E-state index contributed by atoms with van der Waals surface area (Å²) in [5, 5.41) is 0. The molecule has 0 radical (unpaired) electrons. The monoisotopic (exact) mass is 344 g/mol. The summed E-state index contributed by atoms with van der Waals surface area (Å²) >= 11 is 0. The lowest BCUT2D eigenvalue weighted by atomic mass is 10.1. The third kappa shape index (κ3) is 4.78. The van der Waals surface area contributed by atoms with Gasteiger partial charge in [-0.05, 0) is 44.9 Å². The van der Waals surface area contributed by atoms with Gasteiger partial charge < -0.3 is 9.80 Å². The van der Waals surface area contributed by atoms with E-state index in [9.17, 15) is 9.59 Å². The van der Waals surface area contributed by atoms with Crippen molar-refractivity contribution < 1.29 is 9.59 Å². The van der Waals surface area contributed by atoms with E-state index in [4.69, 9.17) is 0 Å². The Balaban J connectivity index is 1.49. The van der Waals surface area contributed by atoms with Gasteiger partial charge in [0.05, 0.1) is 12.2 Å². The van der Waals surface area contributed by atoms with Crippen LogP contribution >= 0.6 is 0 Å². The molecule has 0 unspecified atom stereocenters. The van der Waals surface area contributed by atoms with Crippen molar-refractivity contribution >= 4 is 11.8 Å². The number of aromatic nitrogens is 1. The third-order valence-corrected chi connectivity index (χ3v) is 5.31. The predicted octanol–water partition coefficient (Wildman–Crippen LogP) is 1.52. The first-order valence-electron chi connectivity index (χ1n) is 9.29. The Kier molecular flexibility index (Phi) is 6.02. The van der Waals surface area contributed by atoms with Gasteiger partial charge in [-0.15, -0.1) is 0 Å². The number of amides is 2. The van der Waals surface area contributed by atoms with E-state index in [1.54, 1.807) is 4.90 Å². The Hall–Kier alpha value is -1.95. The average Bonchev–Trinajstić information content (AvgIpc) is 2.87. The summed E-state index contributed by atoms with van der Waals surface area (Å²) in [4.78, 5) is 34.6. The smallest absolute Gasteiger partial charge is 0.242 e. The number of pyridine rings is 1. The summed E-state index contributed by atoms with van der Waals surface area (Å²) in [6.07, 6.45) is 6.38. The third-order valence-electron chi connectivity index (χ3n) is 5.31. The summed E-state index contributed by atoms with van der Waals surface area (Å²) in [5.41, 5.74) is 1.08. The van der Waals surface area contributed by atoms with Gasteiger partial charge in [-0.3, -0.25) is 19.5 Å². The molecule has 0 saturated carbocycles. The van der Waals surface area contributed by atoms with Crippen molar-refractivity contribution in [2.24, 2.45) is 0 Å². The van der Waals surface area contributed by atoms with Crippen LogP contribution in [0, 0.1) is 0 Å². The Bertz CT molecular complexity index is 592. The van der Waals surface area contributed by atoms with E-state index in [1.165, 1.54) is 0 Å². The SMILES string of the molecule is CN(Cc1ccccn1)[C@H]1CCCN(C(=O)CN2CCCC2=O)CC1. The van der Waals surface area contributed by atoms with Gasteiger partial charge in [0, 0.05) is 44.8 Å². The quantitative estimate of drug-likeness (QED) is 0.813. The molecule has 3 rings (SSSR count). The Morgan fingerprint density at radius 3 is 2.84 bits per heavy atom. The molecule has 2 amide bonds. The lowest BCUT2D eigenvalue weighted by molar-refractivity contribution is -0.138. The van der Waals surface area contributed by atoms with Gasteiger partial charge in [0.1, 0.15) is 0 Å². The van der Waals surface area contributed by atoms with Gasteiger partial charge in [-0.25, -0.2) is 0 Å². The van der Waals surface area contributed by atoms with Crippen LogP contribution in [0.25, 0.3) is 0 Å². The number of hydrogen-bond donors (Lipinski definition) is 0. The molecule has 0 spiro atoms. The van der Waals surface area contributed by atoms with E-state index in [2.05, 4.69) is 23.0 Å². The second kappa shape index (κ2) is 8.43. The van der Waals surface area contributed by atoms with E-state index in [0.29, 0.717) is 12.5 Å². The van der Waals surface area contributed by atoms with Gasteiger partial charge in [-0.1, -0.05) is 6.07 Å². The molecule has 0 N–H and O–H groups in total. The highest BCUT2D eigenvalue weighted by atomic mass is 16.2. The molecule has 136 valence electrons. The zero-order valence-corrected chi connectivity index (χ0v) is 15.1. The molecule has 6 nitrogen and oxygen atoms in total. The molecular weight excluding hydrogens is 316 g/mol. The number of hydrogen-bond acceptors (Lipinski definition) is 4. The highest BCUT2D eigenvalue weighted by Crippen LogP contribution is 2.18. The molecule has 0 aliphatic carbocycles. The Morgan fingerprint density at radius 1 is 1.24 bits per heavy atom. The molecular formula is C19H28N4O2. The van der Waals surface area contributed by atoms with Gasteiger partial charge in [-0.2, -0.15) is 0 Å². The van der Waals surface area contributed by atoms with E-state index in [-0.39, 0.29) is 18.4 Å².